The van der Waals surface area contributed by atoms with Crippen molar-refractivity contribution in [2.24, 2.45) is 5.73 Å². The second kappa shape index (κ2) is 9.28. The van der Waals surface area contributed by atoms with Crippen molar-refractivity contribution in [1.82, 2.24) is 9.80 Å². The maximum absolute atomic E-state index is 12.6. The van der Waals surface area contributed by atoms with E-state index in [-0.39, 0.29) is 5.91 Å². The molecule has 1 amide bonds. The molecule has 0 saturated carbocycles. The number of piperazine rings is 1. The number of rotatable bonds is 8. The summed E-state index contributed by atoms with van der Waals surface area (Å²) in [7, 11) is 4.83. The van der Waals surface area contributed by atoms with Crippen LogP contribution in [0.5, 0.6) is 17.2 Å². The molecule has 0 spiro atoms. The van der Waals surface area contributed by atoms with Gasteiger partial charge in [-0.05, 0) is 31.0 Å². The molecular formula is C20H33N3O4. The number of amides is 1. The summed E-state index contributed by atoms with van der Waals surface area (Å²) < 4.78 is 16.2. The van der Waals surface area contributed by atoms with Crippen LogP contribution in [0.25, 0.3) is 0 Å². The summed E-state index contributed by atoms with van der Waals surface area (Å²) in [5.74, 6) is 1.95. The molecule has 1 fully saturated rings. The van der Waals surface area contributed by atoms with E-state index < -0.39 is 5.54 Å². The Morgan fingerprint density at radius 3 is 2.07 bits per heavy atom. The Kier molecular flexibility index (Phi) is 7.33. The SMILES string of the molecule is CCCC(C)(N)C(=O)N1CCN(Cc2cc(OC)c(OC)c(OC)c2)CC1. The van der Waals surface area contributed by atoms with E-state index >= 15 is 0 Å². The lowest BCUT2D eigenvalue weighted by molar-refractivity contribution is -0.138. The third kappa shape index (κ3) is 5.05. The molecule has 0 bridgehead atoms. The number of carbonyl (C=O) groups excluding carboxylic acids is 1. The van der Waals surface area contributed by atoms with Crippen molar-refractivity contribution in [2.45, 2.75) is 38.8 Å². The fraction of sp³-hybridized carbons (Fsp3) is 0.650. The van der Waals surface area contributed by atoms with Gasteiger partial charge in [-0.25, -0.2) is 0 Å². The molecule has 1 aromatic carbocycles. The van der Waals surface area contributed by atoms with Gasteiger partial charge in [-0.2, -0.15) is 0 Å². The van der Waals surface area contributed by atoms with E-state index in [0.717, 1.165) is 31.6 Å². The largest absolute Gasteiger partial charge is 0.493 e. The summed E-state index contributed by atoms with van der Waals surface area (Å²) in [6.07, 6.45) is 1.61. The highest BCUT2D eigenvalue weighted by atomic mass is 16.5. The third-order valence-electron chi connectivity index (χ3n) is 5.05. The molecule has 2 N–H and O–H groups in total. The van der Waals surface area contributed by atoms with Crippen molar-refractivity contribution in [3.8, 4) is 17.2 Å². The van der Waals surface area contributed by atoms with Gasteiger partial charge in [-0.3, -0.25) is 9.69 Å². The molecule has 0 radical (unpaired) electrons. The van der Waals surface area contributed by atoms with Gasteiger partial charge in [-0.15, -0.1) is 0 Å². The fourth-order valence-corrected chi connectivity index (χ4v) is 3.58. The summed E-state index contributed by atoms with van der Waals surface area (Å²) in [6, 6.07) is 3.94. The summed E-state index contributed by atoms with van der Waals surface area (Å²) in [5.41, 5.74) is 6.52. The van der Waals surface area contributed by atoms with E-state index in [2.05, 4.69) is 4.90 Å². The fourth-order valence-electron chi connectivity index (χ4n) is 3.58. The minimum atomic E-state index is -0.770. The van der Waals surface area contributed by atoms with Crippen LogP contribution < -0.4 is 19.9 Å². The lowest BCUT2D eigenvalue weighted by atomic mass is 9.95. The lowest BCUT2D eigenvalue weighted by Crippen LogP contribution is -2.58. The second-order valence-corrected chi connectivity index (χ2v) is 7.27. The van der Waals surface area contributed by atoms with Gasteiger partial charge in [0.2, 0.25) is 11.7 Å². The van der Waals surface area contributed by atoms with Crippen molar-refractivity contribution in [1.29, 1.82) is 0 Å². The maximum Gasteiger partial charge on any atom is 0.242 e. The van der Waals surface area contributed by atoms with E-state index in [1.54, 1.807) is 21.3 Å². The molecule has 1 aliphatic heterocycles. The quantitative estimate of drug-likeness (QED) is 0.743. The number of benzene rings is 1. The zero-order valence-electron chi connectivity index (χ0n) is 17.2. The summed E-state index contributed by atoms with van der Waals surface area (Å²) in [5, 5.41) is 0. The molecule has 1 aliphatic rings. The van der Waals surface area contributed by atoms with Crippen LogP contribution in [0.4, 0.5) is 0 Å². The van der Waals surface area contributed by atoms with Gasteiger partial charge < -0.3 is 24.8 Å². The predicted molar refractivity (Wildman–Crippen MR) is 105 cm³/mol. The Morgan fingerprint density at radius 2 is 1.63 bits per heavy atom. The molecule has 1 saturated heterocycles. The molecule has 7 nitrogen and oxygen atoms in total. The highest BCUT2D eigenvalue weighted by Gasteiger charge is 2.33. The Bertz CT molecular complexity index is 615. The van der Waals surface area contributed by atoms with E-state index in [0.29, 0.717) is 36.8 Å². The number of ether oxygens (including phenoxy) is 3. The molecule has 1 unspecified atom stereocenters. The highest BCUT2D eigenvalue weighted by molar-refractivity contribution is 5.85. The van der Waals surface area contributed by atoms with Gasteiger partial charge in [0.25, 0.3) is 0 Å². The number of hydrogen-bond donors (Lipinski definition) is 1. The summed E-state index contributed by atoms with van der Waals surface area (Å²) in [6.45, 7) is 7.65. The van der Waals surface area contributed by atoms with Gasteiger partial charge in [0.05, 0.1) is 26.9 Å². The van der Waals surface area contributed by atoms with Crippen LogP contribution in [0.15, 0.2) is 12.1 Å². The third-order valence-corrected chi connectivity index (χ3v) is 5.05. The summed E-state index contributed by atoms with van der Waals surface area (Å²) in [4.78, 5) is 16.9. The number of hydrogen-bond acceptors (Lipinski definition) is 6. The molecule has 1 heterocycles. The Morgan fingerprint density at radius 1 is 1.07 bits per heavy atom. The van der Waals surface area contributed by atoms with Crippen LogP contribution in [0.3, 0.4) is 0 Å². The van der Waals surface area contributed by atoms with Gasteiger partial charge in [0, 0.05) is 32.7 Å². The van der Waals surface area contributed by atoms with Crippen LogP contribution in [0, 0.1) is 0 Å². The molecule has 27 heavy (non-hydrogen) atoms. The van der Waals surface area contributed by atoms with Crippen molar-refractivity contribution in [3.63, 3.8) is 0 Å². The van der Waals surface area contributed by atoms with E-state index in [9.17, 15) is 4.79 Å². The summed E-state index contributed by atoms with van der Waals surface area (Å²) >= 11 is 0. The Balaban J connectivity index is 2.01. The zero-order chi connectivity index (χ0) is 20.0. The van der Waals surface area contributed by atoms with Gasteiger partial charge in [-0.1, -0.05) is 13.3 Å². The van der Waals surface area contributed by atoms with Crippen molar-refractivity contribution < 1.29 is 19.0 Å². The standard InChI is InChI=1S/C20H33N3O4/c1-6-7-20(2,21)19(24)23-10-8-22(9-11-23)14-15-12-16(25-3)18(27-5)17(13-15)26-4/h12-13H,6-11,14,21H2,1-5H3. The second-order valence-electron chi connectivity index (χ2n) is 7.27. The zero-order valence-corrected chi connectivity index (χ0v) is 17.2. The molecule has 1 aromatic rings. The topological polar surface area (TPSA) is 77.3 Å². The monoisotopic (exact) mass is 379 g/mol. The van der Waals surface area contributed by atoms with Crippen LogP contribution in [-0.2, 0) is 11.3 Å². The lowest BCUT2D eigenvalue weighted by Gasteiger charge is -2.38. The van der Waals surface area contributed by atoms with Crippen molar-refractivity contribution in [2.75, 3.05) is 47.5 Å². The van der Waals surface area contributed by atoms with Crippen LogP contribution >= 0.6 is 0 Å². The molecule has 0 aromatic heterocycles. The molecule has 0 aliphatic carbocycles. The van der Waals surface area contributed by atoms with Crippen LogP contribution in [-0.4, -0.2) is 68.8 Å². The smallest absolute Gasteiger partial charge is 0.242 e. The molecule has 152 valence electrons. The first-order chi connectivity index (χ1) is 12.9. The van der Waals surface area contributed by atoms with Gasteiger partial charge in [0.1, 0.15) is 0 Å². The number of carbonyl (C=O) groups is 1. The highest BCUT2D eigenvalue weighted by Crippen LogP contribution is 2.38. The van der Waals surface area contributed by atoms with Crippen molar-refractivity contribution in [3.05, 3.63) is 17.7 Å². The van der Waals surface area contributed by atoms with Crippen LogP contribution in [0.2, 0.25) is 0 Å². The van der Waals surface area contributed by atoms with Gasteiger partial charge in [0.15, 0.2) is 11.5 Å². The first-order valence-corrected chi connectivity index (χ1v) is 9.45. The normalized spacial score (nSPS) is 17.3. The minimum absolute atomic E-state index is 0.0526. The molecular weight excluding hydrogens is 346 g/mol. The average molecular weight is 380 g/mol. The van der Waals surface area contributed by atoms with Crippen LogP contribution in [0.1, 0.15) is 32.3 Å². The van der Waals surface area contributed by atoms with Gasteiger partial charge >= 0.3 is 0 Å². The molecule has 7 heteroatoms. The van der Waals surface area contributed by atoms with E-state index in [1.807, 2.05) is 30.9 Å². The molecule has 2 rings (SSSR count). The maximum atomic E-state index is 12.6. The molecule has 1 atom stereocenters. The first-order valence-electron chi connectivity index (χ1n) is 9.45. The van der Waals surface area contributed by atoms with E-state index in [4.69, 9.17) is 19.9 Å². The minimum Gasteiger partial charge on any atom is -0.493 e. The number of nitrogens with zero attached hydrogens (tertiary/aromatic N) is 2. The Hall–Kier alpha value is -1.99. The first kappa shape index (κ1) is 21.3. The van der Waals surface area contributed by atoms with E-state index in [1.165, 1.54) is 0 Å². The number of methoxy groups -OCH3 is 3. The average Bonchev–Trinajstić information content (AvgIpc) is 2.67. The Labute approximate surface area is 162 Å². The predicted octanol–water partition coefficient (Wildman–Crippen LogP) is 1.87. The van der Waals surface area contributed by atoms with Crippen molar-refractivity contribution >= 4 is 5.91 Å². The number of nitrogens with two attached hydrogens (primary N) is 1.